The molecule has 2 N–H and O–H groups in total. The second kappa shape index (κ2) is 6.14. The predicted molar refractivity (Wildman–Crippen MR) is 79.8 cm³/mol. The summed E-state index contributed by atoms with van der Waals surface area (Å²) in [6, 6.07) is -0.0573. The van der Waals surface area contributed by atoms with E-state index in [2.05, 4.69) is 0 Å². The first-order valence-corrected chi connectivity index (χ1v) is 7.74. The minimum atomic E-state index is -0.537. The number of nitrogens with zero attached hydrogens (tertiary/aromatic N) is 2. The van der Waals surface area contributed by atoms with Gasteiger partial charge in [0.05, 0.1) is 5.92 Å². The van der Waals surface area contributed by atoms with Gasteiger partial charge in [-0.25, -0.2) is 4.79 Å². The lowest BCUT2D eigenvalue weighted by molar-refractivity contribution is -0.131. The molecule has 0 aromatic carbocycles. The first-order valence-electron chi connectivity index (χ1n) is 7.74. The zero-order valence-electron chi connectivity index (χ0n) is 13.5. The maximum Gasteiger partial charge on any atom is 0.410 e. The molecule has 0 spiro atoms. The van der Waals surface area contributed by atoms with Crippen LogP contribution in [0.2, 0.25) is 0 Å². The number of nitrogens with two attached hydrogens (primary N) is 1. The molecule has 0 aromatic heterocycles. The van der Waals surface area contributed by atoms with Crippen molar-refractivity contribution < 1.29 is 19.1 Å². The average Bonchev–Trinajstić information content (AvgIpc) is 2.79. The molecule has 0 bridgehead atoms. The van der Waals surface area contributed by atoms with Gasteiger partial charge in [0.25, 0.3) is 0 Å². The molecule has 0 aliphatic carbocycles. The summed E-state index contributed by atoms with van der Waals surface area (Å²) in [4.78, 5) is 38.8. The van der Waals surface area contributed by atoms with Gasteiger partial charge < -0.3 is 20.3 Å². The van der Waals surface area contributed by atoms with Crippen molar-refractivity contribution in [3.63, 3.8) is 0 Å². The summed E-state index contributed by atoms with van der Waals surface area (Å²) < 4.78 is 5.38. The molecular formula is C15H25N3O4. The van der Waals surface area contributed by atoms with Crippen LogP contribution in [0.25, 0.3) is 0 Å². The molecule has 124 valence electrons. The van der Waals surface area contributed by atoms with Crippen LogP contribution in [0.5, 0.6) is 0 Å². The molecule has 2 saturated heterocycles. The normalized spacial score (nSPS) is 26.2. The van der Waals surface area contributed by atoms with Gasteiger partial charge >= 0.3 is 6.09 Å². The van der Waals surface area contributed by atoms with E-state index in [1.165, 1.54) is 0 Å². The van der Waals surface area contributed by atoms with Gasteiger partial charge in [0.1, 0.15) is 5.60 Å². The lowest BCUT2D eigenvalue weighted by atomic mass is 10.0. The fourth-order valence-electron chi connectivity index (χ4n) is 2.98. The number of hydrogen-bond acceptors (Lipinski definition) is 4. The minimum absolute atomic E-state index is 0.0557. The Labute approximate surface area is 130 Å². The maximum absolute atomic E-state index is 12.2. The van der Waals surface area contributed by atoms with Crippen molar-refractivity contribution in [2.45, 2.75) is 51.7 Å². The van der Waals surface area contributed by atoms with Gasteiger partial charge in [-0.3, -0.25) is 9.59 Å². The second-order valence-electron chi connectivity index (χ2n) is 7.07. The van der Waals surface area contributed by atoms with E-state index in [1.807, 2.05) is 20.8 Å². The molecule has 2 atom stereocenters. The number of carbonyl (C=O) groups excluding carboxylic acids is 3. The molecule has 3 amide bonds. The van der Waals surface area contributed by atoms with Crippen molar-refractivity contribution in [1.82, 2.24) is 9.80 Å². The molecule has 2 rings (SSSR count). The molecule has 0 radical (unpaired) electrons. The van der Waals surface area contributed by atoms with Crippen molar-refractivity contribution in [3.8, 4) is 0 Å². The Hall–Kier alpha value is -1.79. The van der Waals surface area contributed by atoms with Gasteiger partial charge in [0.15, 0.2) is 0 Å². The smallest absolute Gasteiger partial charge is 0.410 e. The zero-order chi connectivity index (χ0) is 16.5. The minimum Gasteiger partial charge on any atom is -0.444 e. The fourth-order valence-corrected chi connectivity index (χ4v) is 2.98. The molecule has 7 nitrogen and oxygen atoms in total. The van der Waals surface area contributed by atoms with Crippen molar-refractivity contribution in [2.24, 2.45) is 11.7 Å². The van der Waals surface area contributed by atoms with E-state index < -0.39 is 17.4 Å². The van der Waals surface area contributed by atoms with E-state index >= 15 is 0 Å². The lowest BCUT2D eigenvalue weighted by Crippen LogP contribution is -2.51. The third-order valence-corrected chi connectivity index (χ3v) is 4.05. The van der Waals surface area contributed by atoms with Gasteiger partial charge in [-0.15, -0.1) is 0 Å². The van der Waals surface area contributed by atoms with E-state index in [0.717, 1.165) is 12.8 Å². The number of piperidine rings is 1. The SMILES string of the molecule is CC(C)(C)OC(=O)N1CCCC(N2CC(C(N)=O)CC2=O)C1. The van der Waals surface area contributed by atoms with Crippen LogP contribution in [-0.4, -0.2) is 59.0 Å². The number of primary amides is 1. The van der Waals surface area contributed by atoms with E-state index in [0.29, 0.717) is 19.6 Å². The van der Waals surface area contributed by atoms with Crippen LogP contribution in [0.4, 0.5) is 4.79 Å². The Morgan fingerprint density at radius 3 is 2.50 bits per heavy atom. The molecule has 0 saturated carbocycles. The van der Waals surface area contributed by atoms with Crippen LogP contribution >= 0.6 is 0 Å². The number of likely N-dealkylation sites (tertiary alicyclic amines) is 2. The first-order chi connectivity index (χ1) is 10.2. The van der Waals surface area contributed by atoms with Crippen molar-refractivity contribution in [2.75, 3.05) is 19.6 Å². The van der Waals surface area contributed by atoms with Crippen LogP contribution in [0.3, 0.4) is 0 Å². The highest BCUT2D eigenvalue weighted by Gasteiger charge is 2.39. The molecule has 2 aliphatic heterocycles. The highest BCUT2D eigenvalue weighted by Crippen LogP contribution is 2.25. The summed E-state index contributed by atoms with van der Waals surface area (Å²) in [5, 5.41) is 0. The summed E-state index contributed by atoms with van der Waals surface area (Å²) in [6.07, 6.45) is 1.47. The van der Waals surface area contributed by atoms with Gasteiger partial charge in [0, 0.05) is 32.1 Å². The molecule has 2 unspecified atom stereocenters. The third kappa shape index (κ3) is 3.90. The van der Waals surface area contributed by atoms with E-state index in [9.17, 15) is 14.4 Å². The number of carbonyl (C=O) groups is 3. The molecule has 0 aromatic rings. The standard InChI is InChI=1S/C15H25N3O4/c1-15(2,3)22-14(21)17-6-4-5-11(9-17)18-8-10(13(16)20)7-12(18)19/h10-11H,4-9H2,1-3H3,(H2,16,20). The highest BCUT2D eigenvalue weighted by molar-refractivity contribution is 5.88. The summed E-state index contributed by atoms with van der Waals surface area (Å²) in [5.41, 5.74) is 4.76. The monoisotopic (exact) mass is 311 g/mol. The second-order valence-corrected chi connectivity index (χ2v) is 7.07. The molecule has 2 heterocycles. The van der Waals surface area contributed by atoms with Gasteiger partial charge in [-0.05, 0) is 33.6 Å². The molecule has 22 heavy (non-hydrogen) atoms. The Morgan fingerprint density at radius 1 is 1.27 bits per heavy atom. The number of hydrogen-bond donors (Lipinski definition) is 1. The molecule has 2 aliphatic rings. The fraction of sp³-hybridized carbons (Fsp3) is 0.800. The Kier molecular flexibility index (Phi) is 4.63. The third-order valence-electron chi connectivity index (χ3n) is 4.05. The summed E-state index contributed by atoms with van der Waals surface area (Å²) >= 11 is 0. The van der Waals surface area contributed by atoms with Crippen LogP contribution in [0.15, 0.2) is 0 Å². The Bertz CT molecular complexity index is 472. The number of ether oxygens (including phenoxy) is 1. The average molecular weight is 311 g/mol. The summed E-state index contributed by atoms with van der Waals surface area (Å²) in [6.45, 7) is 6.93. The Balaban J connectivity index is 1.97. The predicted octanol–water partition coefficient (Wildman–Crippen LogP) is 0.720. The van der Waals surface area contributed by atoms with Crippen molar-refractivity contribution in [3.05, 3.63) is 0 Å². The van der Waals surface area contributed by atoms with Gasteiger partial charge in [-0.2, -0.15) is 0 Å². The largest absolute Gasteiger partial charge is 0.444 e. The Morgan fingerprint density at radius 2 is 1.95 bits per heavy atom. The topological polar surface area (TPSA) is 92.9 Å². The van der Waals surface area contributed by atoms with Gasteiger partial charge in [0.2, 0.25) is 11.8 Å². The molecule has 2 fully saturated rings. The number of amides is 3. The summed E-state index contributed by atoms with van der Waals surface area (Å²) in [5.74, 6) is -0.903. The van der Waals surface area contributed by atoms with Crippen LogP contribution in [0.1, 0.15) is 40.0 Å². The van der Waals surface area contributed by atoms with Crippen LogP contribution in [0, 0.1) is 5.92 Å². The van der Waals surface area contributed by atoms with E-state index in [-0.39, 0.29) is 24.5 Å². The summed E-state index contributed by atoms with van der Waals surface area (Å²) in [7, 11) is 0. The van der Waals surface area contributed by atoms with Crippen molar-refractivity contribution in [1.29, 1.82) is 0 Å². The zero-order valence-corrected chi connectivity index (χ0v) is 13.5. The quantitative estimate of drug-likeness (QED) is 0.813. The van der Waals surface area contributed by atoms with Crippen LogP contribution in [-0.2, 0) is 14.3 Å². The maximum atomic E-state index is 12.2. The van der Waals surface area contributed by atoms with E-state index in [4.69, 9.17) is 10.5 Å². The first kappa shape index (κ1) is 16.6. The van der Waals surface area contributed by atoms with Crippen LogP contribution < -0.4 is 5.73 Å². The van der Waals surface area contributed by atoms with Gasteiger partial charge in [-0.1, -0.05) is 0 Å². The highest BCUT2D eigenvalue weighted by atomic mass is 16.6. The molecular weight excluding hydrogens is 286 g/mol. The van der Waals surface area contributed by atoms with Crippen molar-refractivity contribution >= 4 is 17.9 Å². The van der Waals surface area contributed by atoms with E-state index in [1.54, 1.807) is 9.80 Å². The number of rotatable bonds is 2. The molecule has 7 heteroatoms. The lowest BCUT2D eigenvalue weighted by Gasteiger charge is -2.38.